The van der Waals surface area contributed by atoms with Crippen molar-refractivity contribution in [3.8, 4) is 28.6 Å². The molecule has 4 aromatic rings. The SMILES string of the molecule is COc1ccc(Oc2cc(NCC(C)(C)O)c3nc(-c4ccc(C(=O)NC5CC5)c(C)c4)cn3n2)cc1. The van der Waals surface area contributed by atoms with Crippen LogP contribution in [0, 0.1) is 6.92 Å². The number of carbonyl (C=O) groups excluding carboxylic acids is 1. The summed E-state index contributed by atoms with van der Waals surface area (Å²) in [6.07, 6.45) is 3.92. The minimum Gasteiger partial charge on any atom is -0.497 e. The van der Waals surface area contributed by atoms with Gasteiger partial charge in [0.05, 0.1) is 30.3 Å². The summed E-state index contributed by atoms with van der Waals surface area (Å²) in [5.41, 5.74) is 3.46. The maximum atomic E-state index is 12.5. The van der Waals surface area contributed by atoms with Crippen molar-refractivity contribution in [2.24, 2.45) is 0 Å². The van der Waals surface area contributed by atoms with Crippen molar-refractivity contribution >= 4 is 17.2 Å². The molecule has 1 fully saturated rings. The summed E-state index contributed by atoms with van der Waals surface area (Å²) < 4.78 is 12.9. The molecule has 5 rings (SSSR count). The van der Waals surface area contributed by atoms with Crippen LogP contribution in [0.5, 0.6) is 17.4 Å². The molecule has 1 aliphatic rings. The number of ether oxygens (including phenoxy) is 2. The van der Waals surface area contributed by atoms with Crippen molar-refractivity contribution in [2.75, 3.05) is 19.0 Å². The second kappa shape index (κ2) is 9.74. The molecule has 0 aliphatic heterocycles. The Kier molecular flexibility index (Phi) is 6.47. The Morgan fingerprint density at radius 3 is 2.51 bits per heavy atom. The van der Waals surface area contributed by atoms with Gasteiger partial charge in [-0.1, -0.05) is 6.07 Å². The molecular weight excluding hydrogens is 470 g/mol. The number of hydrogen-bond acceptors (Lipinski definition) is 7. The average Bonchev–Trinajstić information content (AvgIpc) is 3.57. The van der Waals surface area contributed by atoms with Crippen LogP contribution in [0.15, 0.2) is 54.7 Å². The number of anilines is 1. The zero-order valence-electron chi connectivity index (χ0n) is 21.4. The van der Waals surface area contributed by atoms with Crippen molar-refractivity contribution in [3.05, 3.63) is 65.9 Å². The molecule has 0 bridgehead atoms. The van der Waals surface area contributed by atoms with Gasteiger partial charge in [-0.15, -0.1) is 5.10 Å². The van der Waals surface area contributed by atoms with Crippen LogP contribution in [0.3, 0.4) is 0 Å². The van der Waals surface area contributed by atoms with E-state index >= 15 is 0 Å². The smallest absolute Gasteiger partial charge is 0.251 e. The number of amides is 1. The molecule has 2 aromatic heterocycles. The van der Waals surface area contributed by atoms with E-state index in [1.54, 1.807) is 43.7 Å². The molecule has 1 amide bonds. The minimum atomic E-state index is -0.930. The molecule has 2 aromatic carbocycles. The number of aromatic nitrogens is 3. The lowest BCUT2D eigenvalue weighted by Crippen LogP contribution is -2.29. The van der Waals surface area contributed by atoms with Gasteiger partial charge in [-0.2, -0.15) is 0 Å². The Bertz CT molecular complexity index is 1440. The van der Waals surface area contributed by atoms with Crippen LogP contribution < -0.4 is 20.1 Å². The van der Waals surface area contributed by atoms with Gasteiger partial charge in [-0.3, -0.25) is 4.79 Å². The molecule has 0 atom stereocenters. The third-order valence-corrected chi connectivity index (χ3v) is 6.08. The van der Waals surface area contributed by atoms with Gasteiger partial charge in [-0.25, -0.2) is 9.50 Å². The monoisotopic (exact) mass is 501 g/mol. The van der Waals surface area contributed by atoms with Gasteiger partial charge in [-0.05, 0) is 75.6 Å². The summed E-state index contributed by atoms with van der Waals surface area (Å²) in [4.78, 5) is 17.3. The number of aryl methyl sites for hydroxylation is 1. The Balaban J connectivity index is 1.48. The highest BCUT2D eigenvalue weighted by Crippen LogP contribution is 2.30. The molecule has 3 N–H and O–H groups in total. The van der Waals surface area contributed by atoms with E-state index in [4.69, 9.17) is 14.5 Å². The molecule has 192 valence electrons. The van der Waals surface area contributed by atoms with Gasteiger partial charge in [0.15, 0.2) is 5.65 Å². The topological polar surface area (TPSA) is 110 Å². The van der Waals surface area contributed by atoms with Gasteiger partial charge in [0, 0.05) is 29.8 Å². The first-order valence-corrected chi connectivity index (χ1v) is 12.3. The fraction of sp³-hybridized carbons (Fsp3) is 0.321. The Hall–Kier alpha value is -4.11. The third-order valence-electron chi connectivity index (χ3n) is 6.08. The molecule has 37 heavy (non-hydrogen) atoms. The summed E-state index contributed by atoms with van der Waals surface area (Å²) >= 11 is 0. The molecule has 0 radical (unpaired) electrons. The lowest BCUT2D eigenvalue weighted by Gasteiger charge is -2.19. The van der Waals surface area contributed by atoms with E-state index in [2.05, 4.69) is 15.7 Å². The van der Waals surface area contributed by atoms with Gasteiger partial charge >= 0.3 is 0 Å². The molecule has 9 heteroatoms. The Morgan fingerprint density at radius 1 is 1.14 bits per heavy atom. The first-order valence-electron chi connectivity index (χ1n) is 12.3. The van der Waals surface area contributed by atoms with Crippen molar-refractivity contribution < 1.29 is 19.4 Å². The van der Waals surface area contributed by atoms with E-state index in [9.17, 15) is 9.90 Å². The number of hydrogen-bond donors (Lipinski definition) is 3. The van der Waals surface area contributed by atoms with Gasteiger partial charge in [0.25, 0.3) is 5.91 Å². The zero-order valence-corrected chi connectivity index (χ0v) is 21.4. The van der Waals surface area contributed by atoms with E-state index in [0.29, 0.717) is 46.8 Å². The Morgan fingerprint density at radius 2 is 1.86 bits per heavy atom. The first-order chi connectivity index (χ1) is 17.7. The third kappa shape index (κ3) is 5.83. The second-order valence-electron chi connectivity index (χ2n) is 10.0. The molecule has 9 nitrogen and oxygen atoms in total. The van der Waals surface area contributed by atoms with Crippen LogP contribution in [0.2, 0.25) is 0 Å². The number of imidazole rings is 1. The highest BCUT2D eigenvalue weighted by Gasteiger charge is 2.24. The fourth-order valence-electron chi connectivity index (χ4n) is 3.92. The van der Waals surface area contributed by atoms with Crippen LogP contribution in [-0.2, 0) is 0 Å². The number of carbonyl (C=O) groups is 1. The van der Waals surface area contributed by atoms with Crippen LogP contribution in [0.1, 0.15) is 42.6 Å². The van der Waals surface area contributed by atoms with Crippen LogP contribution in [-0.4, -0.2) is 50.9 Å². The standard InChI is InChI=1S/C28H31N5O4/c1-17-13-18(5-12-22(17)27(34)30-19-6-7-19)24-15-33-26(31-24)23(29-16-28(2,3)35)14-25(32-33)37-21-10-8-20(36-4)9-11-21/h5,8-15,19,29,35H,6-7,16H2,1-4H3,(H,30,34). The Labute approximate surface area is 215 Å². The lowest BCUT2D eigenvalue weighted by molar-refractivity contribution is 0.0940. The molecule has 0 unspecified atom stereocenters. The molecule has 0 saturated heterocycles. The summed E-state index contributed by atoms with van der Waals surface area (Å²) in [6.45, 7) is 5.69. The van der Waals surface area contributed by atoms with Crippen molar-refractivity contribution in [1.82, 2.24) is 19.9 Å². The van der Waals surface area contributed by atoms with Crippen molar-refractivity contribution in [1.29, 1.82) is 0 Å². The van der Waals surface area contributed by atoms with Gasteiger partial charge in [0.2, 0.25) is 5.88 Å². The van der Waals surface area contributed by atoms with Crippen molar-refractivity contribution in [2.45, 2.75) is 45.3 Å². The summed E-state index contributed by atoms with van der Waals surface area (Å²) in [5.74, 6) is 1.66. The van der Waals surface area contributed by atoms with E-state index in [0.717, 1.165) is 29.7 Å². The van der Waals surface area contributed by atoms with Crippen LogP contribution in [0.4, 0.5) is 5.69 Å². The highest BCUT2D eigenvalue weighted by molar-refractivity contribution is 5.96. The van der Waals surface area contributed by atoms with Crippen molar-refractivity contribution in [3.63, 3.8) is 0 Å². The van der Waals surface area contributed by atoms with E-state index in [1.165, 1.54) is 0 Å². The molecule has 1 aliphatic carbocycles. The number of nitrogens with one attached hydrogen (secondary N) is 2. The number of benzene rings is 2. The predicted octanol–water partition coefficient (Wildman–Crippen LogP) is 4.58. The number of fused-ring (bicyclic) bond motifs is 1. The predicted molar refractivity (Wildman–Crippen MR) is 142 cm³/mol. The van der Waals surface area contributed by atoms with E-state index in [1.807, 2.05) is 43.5 Å². The molecule has 2 heterocycles. The number of methoxy groups -OCH3 is 1. The number of nitrogens with zero attached hydrogens (tertiary/aromatic N) is 3. The largest absolute Gasteiger partial charge is 0.497 e. The lowest BCUT2D eigenvalue weighted by atomic mass is 10.0. The highest BCUT2D eigenvalue weighted by atomic mass is 16.5. The second-order valence-corrected chi connectivity index (χ2v) is 10.0. The summed E-state index contributed by atoms with van der Waals surface area (Å²) in [7, 11) is 1.61. The molecule has 1 saturated carbocycles. The van der Waals surface area contributed by atoms with E-state index in [-0.39, 0.29) is 5.91 Å². The summed E-state index contributed by atoms with van der Waals surface area (Å²) in [6, 6.07) is 15.0. The maximum Gasteiger partial charge on any atom is 0.251 e. The molecule has 0 spiro atoms. The zero-order chi connectivity index (χ0) is 26.2. The number of aliphatic hydroxyl groups is 1. The quantitative estimate of drug-likeness (QED) is 0.308. The van der Waals surface area contributed by atoms with Crippen LogP contribution >= 0.6 is 0 Å². The van der Waals surface area contributed by atoms with E-state index < -0.39 is 5.60 Å². The average molecular weight is 502 g/mol. The minimum absolute atomic E-state index is 0.0401. The van der Waals surface area contributed by atoms with Gasteiger partial charge in [0.1, 0.15) is 11.5 Å². The first kappa shape index (κ1) is 24.6. The van der Waals surface area contributed by atoms with Gasteiger partial charge < -0.3 is 25.2 Å². The number of rotatable bonds is 9. The summed E-state index contributed by atoms with van der Waals surface area (Å²) in [5, 5.41) is 21.2. The molecular formula is C28H31N5O4. The van der Waals surface area contributed by atoms with Crippen LogP contribution in [0.25, 0.3) is 16.9 Å². The maximum absolute atomic E-state index is 12.5. The normalized spacial score (nSPS) is 13.4. The fourth-order valence-corrected chi connectivity index (χ4v) is 3.92.